The van der Waals surface area contributed by atoms with Gasteiger partial charge in [-0.2, -0.15) is 0 Å². The predicted molar refractivity (Wildman–Crippen MR) is 90.9 cm³/mol. The summed E-state index contributed by atoms with van der Waals surface area (Å²) in [6.45, 7) is 1.90. The highest BCUT2D eigenvalue weighted by Gasteiger charge is 2.47. The zero-order valence-corrected chi connectivity index (χ0v) is 14.6. The van der Waals surface area contributed by atoms with E-state index in [-0.39, 0.29) is 22.6 Å². The number of benzene rings is 1. The molecule has 0 bridgehead atoms. The van der Waals surface area contributed by atoms with Crippen molar-refractivity contribution in [3.8, 4) is 11.5 Å². The van der Waals surface area contributed by atoms with Gasteiger partial charge in [0.15, 0.2) is 0 Å². The number of rotatable bonds is 3. The van der Waals surface area contributed by atoms with Crippen LogP contribution in [0.4, 0.5) is 0 Å². The third-order valence-electron chi connectivity index (χ3n) is 5.57. The van der Waals surface area contributed by atoms with Crippen LogP contribution in [0.3, 0.4) is 0 Å². The quantitative estimate of drug-likeness (QED) is 0.858. The van der Waals surface area contributed by atoms with Crippen LogP contribution < -0.4 is 4.74 Å². The maximum absolute atomic E-state index is 12.7. The molecule has 7 nitrogen and oxygen atoms in total. The summed E-state index contributed by atoms with van der Waals surface area (Å²) < 4.78 is 5.04. The highest BCUT2D eigenvalue weighted by atomic mass is 16.5. The van der Waals surface area contributed by atoms with Crippen LogP contribution in [0.15, 0.2) is 18.2 Å². The molecule has 0 radical (unpaired) electrons. The second kappa shape index (κ2) is 6.55. The van der Waals surface area contributed by atoms with E-state index in [1.54, 1.807) is 17.0 Å². The minimum absolute atomic E-state index is 0.0312. The lowest BCUT2D eigenvalue weighted by molar-refractivity contribution is -0.141. The van der Waals surface area contributed by atoms with E-state index in [1.807, 2.05) is 11.9 Å². The largest absolute Gasteiger partial charge is 0.507 e. The molecule has 1 aromatic rings. The molecule has 2 saturated heterocycles. The topological polar surface area (TPSA) is 90.3 Å². The van der Waals surface area contributed by atoms with E-state index in [0.717, 1.165) is 19.4 Å². The Labute approximate surface area is 146 Å². The highest BCUT2D eigenvalue weighted by molar-refractivity contribution is 5.97. The van der Waals surface area contributed by atoms with Crippen LogP contribution in [0.5, 0.6) is 11.5 Å². The van der Waals surface area contributed by atoms with Crippen molar-refractivity contribution in [3.05, 3.63) is 23.8 Å². The van der Waals surface area contributed by atoms with Gasteiger partial charge in [-0.3, -0.25) is 14.5 Å². The second-order valence-corrected chi connectivity index (χ2v) is 7.15. The first-order chi connectivity index (χ1) is 11.8. The number of amides is 1. The second-order valence-electron chi connectivity index (χ2n) is 7.15. The predicted octanol–water partition coefficient (Wildman–Crippen LogP) is 1.41. The third-order valence-corrected chi connectivity index (χ3v) is 5.57. The van der Waals surface area contributed by atoms with E-state index >= 15 is 0 Å². The van der Waals surface area contributed by atoms with Gasteiger partial charge >= 0.3 is 5.97 Å². The van der Waals surface area contributed by atoms with E-state index in [2.05, 4.69) is 0 Å². The maximum atomic E-state index is 12.7. The molecule has 2 heterocycles. The maximum Gasteiger partial charge on any atom is 0.320 e. The number of ether oxygens (including phenoxy) is 1. The van der Waals surface area contributed by atoms with Crippen LogP contribution in [0.2, 0.25) is 0 Å². The Morgan fingerprint density at radius 3 is 2.48 bits per heavy atom. The van der Waals surface area contributed by atoms with Crippen molar-refractivity contribution in [3.63, 3.8) is 0 Å². The Kier molecular flexibility index (Phi) is 4.60. The van der Waals surface area contributed by atoms with Gasteiger partial charge in [0.05, 0.1) is 12.7 Å². The van der Waals surface area contributed by atoms with E-state index in [0.29, 0.717) is 25.3 Å². The number of aromatic hydroxyl groups is 1. The number of phenolic OH excluding ortho intramolecular Hbond substituents is 1. The highest BCUT2D eigenvalue weighted by Crippen LogP contribution is 2.43. The van der Waals surface area contributed by atoms with Gasteiger partial charge in [0, 0.05) is 25.7 Å². The number of aliphatic carboxylic acids is 1. The van der Waals surface area contributed by atoms with Gasteiger partial charge in [-0.05, 0) is 43.9 Å². The lowest BCUT2D eigenvalue weighted by atomic mass is 9.76. The smallest absolute Gasteiger partial charge is 0.320 e. The molecule has 1 amide bonds. The molecule has 136 valence electrons. The average Bonchev–Trinajstić information content (AvgIpc) is 2.91. The molecular weight excluding hydrogens is 324 g/mol. The monoisotopic (exact) mass is 348 g/mol. The SMILES string of the molecule is COc1ccc(C(=O)N2CCC3(CC2)C[C@H](C(=O)O)N(C)C3)c(O)c1. The van der Waals surface area contributed by atoms with E-state index in [1.165, 1.54) is 13.2 Å². The Balaban J connectivity index is 1.66. The molecular formula is C18H24N2O5. The summed E-state index contributed by atoms with van der Waals surface area (Å²) >= 11 is 0. The van der Waals surface area contributed by atoms with Crippen molar-refractivity contribution in [2.45, 2.75) is 25.3 Å². The molecule has 3 rings (SSSR count). The number of methoxy groups -OCH3 is 1. The molecule has 7 heteroatoms. The summed E-state index contributed by atoms with van der Waals surface area (Å²) in [5.74, 6) is -0.561. The number of nitrogens with zero attached hydrogens (tertiary/aromatic N) is 2. The lowest BCUT2D eigenvalue weighted by Crippen LogP contribution is -2.44. The number of carboxylic acids is 1. The number of carbonyl (C=O) groups excluding carboxylic acids is 1. The van der Waals surface area contributed by atoms with Gasteiger partial charge in [0.25, 0.3) is 5.91 Å². The molecule has 2 aliphatic heterocycles. The number of likely N-dealkylation sites (tertiary alicyclic amines) is 2. The van der Waals surface area contributed by atoms with Gasteiger partial charge in [-0.25, -0.2) is 0 Å². The number of hydrogen-bond donors (Lipinski definition) is 2. The first kappa shape index (κ1) is 17.5. The van der Waals surface area contributed by atoms with Crippen LogP contribution in [-0.2, 0) is 4.79 Å². The number of likely N-dealkylation sites (N-methyl/N-ethyl adjacent to an activating group) is 1. The molecule has 25 heavy (non-hydrogen) atoms. The van der Waals surface area contributed by atoms with Gasteiger partial charge < -0.3 is 19.8 Å². The van der Waals surface area contributed by atoms with E-state index in [9.17, 15) is 19.8 Å². The molecule has 2 aliphatic rings. The van der Waals surface area contributed by atoms with E-state index in [4.69, 9.17) is 4.74 Å². The average molecular weight is 348 g/mol. The van der Waals surface area contributed by atoms with Crippen LogP contribution in [0.25, 0.3) is 0 Å². The summed E-state index contributed by atoms with van der Waals surface area (Å²) in [7, 11) is 3.35. The molecule has 2 fully saturated rings. The molecule has 0 aliphatic carbocycles. The van der Waals surface area contributed by atoms with Crippen molar-refractivity contribution in [1.29, 1.82) is 0 Å². The summed E-state index contributed by atoms with van der Waals surface area (Å²) in [5.41, 5.74) is 0.236. The van der Waals surface area contributed by atoms with Crippen LogP contribution >= 0.6 is 0 Å². The fraction of sp³-hybridized carbons (Fsp3) is 0.556. The number of carbonyl (C=O) groups is 2. The van der Waals surface area contributed by atoms with Crippen LogP contribution in [0.1, 0.15) is 29.6 Å². The first-order valence-electron chi connectivity index (χ1n) is 8.44. The van der Waals surface area contributed by atoms with Crippen molar-refractivity contribution in [2.24, 2.45) is 5.41 Å². The molecule has 1 atom stereocenters. The van der Waals surface area contributed by atoms with Gasteiger partial charge in [0.1, 0.15) is 17.5 Å². The Morgan fingerprint density at radius 2 is 1.96 bits per heavy atom. The van der Waals surface area contributed by atoms with E-state index < -0.39 is 12.0 Å². The molecule has 1 aromatic carbocycles. The Bertz CT molecular complexity index is 682. The fourth-order valence-electron chi connectivity index (χ4n) is 4.08. The summed E-state index contributed by atoms with van der Waals surface area (Å²) in [5, 5.41) is 19.4. The zero-order chi connectivity index (χ0) is 18.2. The van der Waals surface area contributed by atoms with Crippen LogP contribution in [-0.4, -0.2) is 71.7 Å². The number of carboxylic acid groups (broad SMARTS) is 1. The molecule has 0 unspecified atom stereocenters. The van der Waals surface area contributed by atoms with Crippen molar-refractivity contribution >= 4 is 11.9 Å². The Hall–Kier alpha value is -2.28. The fourth-order valence-corrected chi connectivity index (χ4v) is 4.08. The minimum atomic E-state index is -0.777. The number of hydrogen-bond acceptors (Lipinski definition) is 5. The number of piperidine rings is 1. The standard InChI is InChI=1S/C18H24N2O5/c1-19-11-18(10-14(19)17(23)24)5-7-20(8-6-18)16(22)13-4-3-12(25-2)9-15(13)21/h3-4,9,14,21H,5-8,10-11H2,1-2H3,(H,23,24)/t14-/m1/s1. The van der Waals surface area contributed by atoms with Crippen LogP contribution in [0, 0.1) is 5.41 Å². The summed E-state index contributed by atoms with van der Waals surface area (Å²) in [6, 6.07) is 4.22. The van der Waals surface area contributed by atoms with Crippen molar-refractivity contribution in [2.75, 3.05) is 33.8 Å². The summed E-state index contributed by atoms with van der Waals surface area (Å²) in [4.78, 5) is 27.7. The third kappa shape index (κ3) is 3.28. The molecule has 0 saturated carbocycles. The lowest BCUT2D eigenvalue weighted by Gasteiger charge is -2.39. The van der Waals surface area contributed by atoms with Crippen molar-refractivity contribution in [1.82, 2.24) is 9.80 Å². The molecule has 2 N–H and O–H groups in total. The minimum Gasteiger partial charge on any atom is -0.507 e. The Morgan fingerprint density at radius 1 is 1.28 bits per heavy atom. The van der Waals surface area contributed by atoms with Gasteiger partial charge in [-0.15, -0.1) is 0 Å². The van der Waals surface area contributed by atoms with Crippen molar-refractivity contribution < 1.29 is 24.5 Å². The van der Waals surface area contributed by atoms with Gasteiger partial charge in [0.2, 0.25) is 0 Å². The zero-order valence-electron chi connectivity index (χ0n) is 14.6. The molecule has 0 aromatic heterocycles. The molecule has 1 spiro atoms. The first-order valence-corrected chi connectivity index (χ1v) is 8.44. The number of phenols is 1. The normalized spacial score (nSPS) is 23.0. The summed E-state index contributed by atoms with van der Waals surface area (Å²) in [6.07, 6.45) is 2.20. The van der Waals surface area contributed by atoms with Gasteiger partial charge in [-0.1, -0.05) is 0 Å².